The summed E-state index contributed by atoms with van der Waals surface area (Å²) in [5.74, 6) is 1.09. The molecule has 0 atom stereocenters. The SMILES string of the molecule is CC(=O)C=C(NC1CCCCC1)NC1CCCCC1. The first kappa shape index (κ1) is 14.4. The molecule has 0 amide bonds. The Bertz CT molecular complexity index is 291. The number of carbonyl (C=O) groups is 1. The van der Waals surface area contributed by atoms with Gasteiger partial charge in [0.2, 0.25) is 0 Å². The van der Waals surface area contributed by atoms with Gasteiger partial charge in [-0.25, -0.2) is 0 Å². The number of hydrogen-bond acceptors (Lipinski definition) is 3. The molecule has 0 unspecified atom stereocenters. The summed E-state index contributed by atoms with van der Waals surface area (Å²) in [6.45, 7) is 1.63. The second-order valence-electron chi connectivity index (χ2n) is 6.13. The molecule has 2 aliphatic carbocycles. The lowest BCUT2D eigenvalue weighted by Gasteiger charge is -2.30. The maximum Gasteiger partial charge on any atom is 0.156 e. The zero-order valence-corrected chi connectivity index (χ0v) is 12.2. The summed E-state index contributed by atoms with van der Waals surface area (Å²) in [7, 11) is 0. The van der Waals surface area contributed by atoms with Gasteiger partial charge in [-0.05, 0) is 32.6 Å². The highest BCUT2D eigenvalue weighted by molar-refractivity contribution is 5.87. The van der Waals surface area contributed by atoms with Crippen molar-refractivity contribution in [3.63, 3.8) is 0 Å². The van der Waals surface area contributed by atoms with Crippen LogP contribution in [0.1, 0.15) is 71.1 Å². The van der Waals surface area contributed by atoms with Crippen molar-refractivity contribution < 1.29 is 4.79 Å². The van der Waals surface area contributed by atoms with Crippen LogP contribution in [0.2, 0.25) is 0 Å². The van der Waals surface area contributed by atoms with Crippen LogP contribution < -0.4 is 10.6 Å². The largest absolute Gasteiger partial charge is 0.369 e. The van der Waals surface area contributed by atoms with Crippen LogP contribution in [0.5, 0.6) is 0 Å². The van der Waals surface area contributed by atoms with Crippen LogP contribution in [0.3, 0.4) is 0 Å². The molecule has 0 bridgehead atoms. The number of carbonyl (C=O) groups excluding carboxylic acids is 1. The predicted molar refractivity (Wildman–Crippen MR) is 78.8 cm³/mol. The lowest BCUT2D eigenvalue weighted by molar-refractivity contribution is -0.112. The van der Waals surface area contributed by atoms with Crippen LogP contribution >= 0.6 is 0 Å². The Morgan fingerprint density at radius 2 is 1.26 bits per heavy atom. The van der Waals surface area contributed by atoms with E-state index in [4.69, 9.17) is 0 Å². The first-order valence-electron chi connectivity index (χ1n) is 7.99. The minimum Gasteiger partial charge on any atom is -0.369 e. The van der Waals surface area contributed by atoms with E-state index in [0.717, 1.165) is 5.82 Å². The third-order valence-corrected chi connectivity index (χ3v) is 4.28. The Morgan fingerprint density at radius 1 is 0.842 bits per heavy atom. The van der Waals surface area contributed by atoms with Gasteiger partial charge in [0.1, 0.15) is 5.82 Å². The van der Waals surface area contributed by atoms with E-state index in [-0.39, 0.29) is 5.78 Å². The van der Waals surface area contributed by atoms with Crippen molar-refractivity contribution in [2.75, 3.05) is 0 Å². The molecule has 0 aromatic carbocycles. The van der Waals surface area contributed by atoms with Crippen LogP contribution in [0.4, 0.5) is 0 Å². The van der Waals surface area contributed by atoms with Crippen molar-refractivity contribution in [3.8, 4) is 0 Å². The molecule has 0 radical (unpaired) electrons. The average Bonchev–Trinajstić information content (AvgIpc) is 2.40. The normalized spacial score (nSPS) is 21.7. The van der Waals surface area contributed by atoms with E-state index in [1.54, 1.807) is 13.0 Å². The Morgan fingerprint density at radius 3 is 1.63 bits per heavy atom. The van der Waals surface area contributed by atoms with Gasteiger partial charge in [0, 0.05) is 18.2 Å². The topological polar surface area (TPSA) is 41.1 Å². The smallest absolute Gasteiger partial charge is 0.156 e. The van der Waals surface area contributed by atoms with E-state index in [1.807, 2.05) is 0 Å². The summed E-state index contributed by atoms with van der Waals surface area (Å²) in [6, 6.07) is 1.10. The van der Waals surface area contributed by atoms with Crippen LogP contribution in [-0.2, 0) is 4.79 Å². The zero-order chi connectivity index (χ0) is 13.5. The number of nitrogens with one attached hydrogen (secondary N) is 2. The summed E-state index contributed by atoms with van der Waals surface area (Å²) < 4.78 is 0. The molecular weight excluding hydrogens is 236 g/mol. The van der Waals surface area contributed by atoms with Crippen molar-refractivity contribution in [2.45, 2.75) is 83.2 Å². The maximum atomic E-state index is 11.4. The van der Waals surface area contributed by atoms with Crippen molar-refractivity contribution in [1.82, 2.24) is 10.6 Å². The molecule has 108 valence electrons. The number of hydrogen-bond donors (Lipinski definition) is 2. The van der Waals surface area contributed by atoms with E-state index < -0.39 is 0 Å². The molecule has 0 aliphatic heterocycles. The number of rotatable bonds is 5. The van der Waals surface area contributed by atoms with E-state index >= 15 is 0 Å². The highest BCUT2D eigenvalue weighted by Crippen LogP contribution is 2.20. The number of allylic oxidation sites excluding steroid dienone is 1. The molecular formula is C16H28N2O. The molecule has 3 heteroatoms. The highest BCUT2D eigenvalue weighted by Gasteiger charge is 2.18. The second-order valence-corrected chi connectivity index (χ2v) is 6.13. The molecule has 3 nitrogen and oxygen atoms in total. The van der Waals surface area contributed by atoms with E-state index in [2.05, 4.69) is 10.6 Å². The summed E-state index contributed by atoms with van der Waals surface area (Å²) in [4.78, 5) is 11.4. The maximum absolute atomic E-state index is 11.4. The molecule has 0 spiro atoms. The van der Waals surface area contributed by atoms with Crippen LogP contribution in [0.25, 0.3) is 0 Å². The van der Waals surface area contributed by atoms with Crippen molar-refractivity contribution in [3.05, 3.63) is 11.9 Å². The lowest BCUT2D eigenvalue weighted by Crippen LogP contribution is -2.41. The van der Waals surface area contributed by atoms with Gasteiger partial charge in [-0.1, -0.05) is 38.5 Å². The minimum absolute atomic E-state index is 0.126. The van der Waals surface area contributed by atoms with Crippen molar-refractivity contribution in [2.24, 2.45) is 0 Å². The molecule has 19 heavy (non-hydrogen) atoms. The molecule has 2 fully saturated rings. The fourth-order valence-corrected chi connectivity index (χ4v) is 3.26. The van der Waals surface area contributed by atoms with Crippen LogP contribution in [0, 0.1) is 0 Å². The second kappa shape index (κ2) is 7.56. The Labute approximate surface area is 117 Å². The Hall–Kier alpha value is -0.990. The van der Waals surface area contributed by atoms with Crippen molar-refractivity contribution in [1.29, 1.82) is 0 Å². The zero-order valence-electron chi connectivity index (χ0n) is 12.2. The fourth-order valence-electron chi connectivity index (χ4n) is 3.26. The van der Waals surface area contributed by atoms with Gasteiger partial charge >= 0.3 is 0 Å². The molecule has 2 aliphatic rings. The molecule has 0 saturated heterocycles. The van der Waals surface area contributed by atoms with Gasteiger partial charge in [0.15, 0.2) is 5.78 Å². The van der Waals surface area contributed by atoms with Gasteiger partial charge in [0.25, 0.3) is 0 Å². The van der Waals surface area contributed by atoms with E-state index in [0.29, 0.717) is 12.1 Å². The van der Waals surface area contributed by atoms with Crippen LogP contribution in [-0.4, -0.2) is 17.9 Å². The summed E-state index contributed by atoms with van der Waals surface area (Å²) in [5, 5.41) is 7.13. The quantitative estimate of drug-likeness (QED) is 0.749. The molecule has 2 rings (SSSR count). The van der Waals surface area contributed by atoms with Gasteiger partial charge in [0.05, 0.1) is 0 Å². The first-order valence-corrected chi connectivity index (χ1v) is 7.99. The van der Waals surface area contributed by atoms with Gasteiger partial charge < -0.3 is 10.6 Å². The van der Waals surface area contributed by atoms with Gasteiger partial charge in [-0.3, -0.25) is 4.79 Å². The van der Waals surface area contributed by atoms with E-state index in [9.17, 15) is 4.79 Å². The summed E-state index contributed by atoms with van der Waals surface area (Å²) in [5.41, 5.74) is 0. The van der Waals surface area contributed by atoms with E-state index in [1.165, 1.54) is 64.2 Å². The van der Waals surface area contributed by atoms with Crippen molar-refractivity contribution >= 4 is 5.78 Å². The van der Waals surface area contributed by atoms with Gasteiger partial charge in [-0.2, -0.15) is 0 Å². The number of ketones is 1. The Balaban J connectivity index is 1.88. The average molecular weight is 264 g/mol. The monoisotopic (exact) mass is 264 g/mol. The summed E-state index contributed by atoms with van der Waals surface area (Å²) in [6.07, 6.45) is 14.7. The molecule has 2 N–H and O–H groups in total. The minimum atomic E-state index is 0.126. The standard InChI is InChI=1S/C16H28N2O/c1-13(19)12-16(17-14-8-4-2-5-9-14)18-15-10-6-3-7-11-15/h12,14-15,17-18H,2-11H2,1H3. The third kappa shape index (κ3) is 5.25. The first-order chi connectivity index (χ1) is 9.24. The summed E-state index contributed by atoms with van der Waals surface area (Å²) >= 11 is 0. The predicted octanol–water partition coefficient (Wildman–Crippen LogP) is 3.26. The molecule has 0 aromatic heterocycles. The van der Waals surface area contributed by atoms with Crippen LogP contribution in [0.15, 0.2) is 11.9 Å². The molecule has 0 aromatic rings. The van der Waals surface area contributed by atoms with Gasteiger partial charge in [-0.15, -0.1) is 0 Å². The molecule has 0 heterocycles. The highest BCUT2D eigenvalue weighted by atomic mass is 16.1. The lowest BCUT2D eigenvalue weighted by atomic mass is 9.94. The Kier molecular flexibility index (Phi) is 5.74. The molecule has 2 saturated carbocycles. The third-order valence-electron chi connectivity index (χ3n) is 4.28. The fraction of sp³-hybridized carbons (Fsp3) is 0.812.